The van der Waals surface area contributed by atoms with Crippen LogP contribution in [0, 0.1) is 0 Å². The summed E-state index contributed by atoms with van der Waals surface area (Å²) in [6, 6.07) is 0. The van der Waals surface area contributed by atoms with Crippen LogP contribution in [0.2, 0.25) is 0 Å². The molecule has 0 atom stereocenters. The van der Waals surface area contributed by atoms with Crippen molar-refractivity contribution in [2.45, 2.75) is 13.8 Å². The van der Waals surface area contributed by atoms with Crippen LogP contribution in [0.5, 0.6) is 0 Å². The molecule has 0 aromatic carbocycles. The van der Waals surface area contributed by atoms with E-state index in [1.165, 1.54) is 0 Å². The Hall–Kier alpha value is -1.06. The first-order valence-corrected chi connectivity index (χ1v) is 5.84. The van der Waals surface area contributed by atoms with Gasteiger partial charge < -0.3 is 14.4 Å². The molecule has 0 aromatic heterocycles. The maximum absolute atomic E-state index is 8.00. The number of halogens is 1. The van der Waals surface area contributed by atoms with Crippen molar-refractivity contribution >= 4 is 18.4 Å². The molecule has 1 aliphatic rings. The minimum absolute atomic E-state index is 0.717. The lowest BCUT2D eigenvalue weighted by atomic mass is 10.2. The van der Waals surface area contributed by atoms with Gasteiger partial charge in [-0.3, -0.25) is 0 Å². The number of hydrogen-bond donors (Lipinski definition) is 0. The first-order valence-electron chi connectivity index (χ1n) is 5.46. The maximum Gasteiger partial charge on any atom is 0.106 e. The van der Waals surface area contributed by atoms with Crippen molar-refractivity contribution in [2.24, 2.45) is 0 Å². The number of ether oxygens (including phenoxy) is 1. The summed E-state index contributed by atoms with van der Waals surface area (Å²) >= 11 is 6.07. The van der Waals surface area contributed by atoms with Crippen molar-refractivity contribution in [1.82, 2.24) is 4.90 Å². The second-order valence-corrected chi connectivity index (χ2v) is 3.99. The van der Waals surface area contributed by atoms with Crippen LogP contribution in [-0.2, 0) is 9.53 Å². The first-order chi connectivity index (χ1) is 8.15. The Morgan fingerprint density at radius 3 is 2.29 bits per heavy atom. The van der Waals surface area contributed by atoms with E-state index in [-0.39, 0.29) is 0 Å². The number of hydrogen-bond acceptors (Lipinski definition) is 3. The molecule has 1 heterocycles. The van der Waals surface area contributed by atoms with E-state index in [0.717, 1.165) is 42.6 Å². The minimum atomic E-state index is 0.717. The standard InChI is InChI=1S/C12H18ClNO.CH2O/c1-4-11(9-12(13)10(2)3)14-5-7-15-8-6-14;1-2/h4,9H,2,5-8H2,1,3H3;1H2/b11-4+,12-9+;. The minimum Gasteiger partial charge on any atom is -0.378 e. The van der Waals surface area contributed by atoms with Gasteiger partial charge in [0.15, 0.2) is 0 Å². The normalized spacial score (nSPS) is 17.2. The summed E-state index contributed by atoms with van der Waals surface area (Å²) < 4.78 is 5.31. The average Bonchev–Trinajstić information content (AvgIpc) is 2.38. The number of morpholine rings is 1. The van der Waals surface area contributed by atoms with E-state index in [2.05, 4.69) is 17.6 Å². The van der Waals surface area contributed by atoms with Crippen LogP contribution in [0.3, 0.4) is 0 Å². The monoisotopic (exact) mass is 257 g/mol. The molecular weight excluding hydrogens is 238 g/mol. The zero-order chi connectivity index (χ0) is 13.3. The van der Waals surface area contributed by atoms with Gasteiger partial charge in [0.25, 0.3) is 0 Å². The molecule has 0 bridgehead atoms. The first kappa shape index (κ1) is 15.9. The van der Waals surface area contributed by atoms with E-state index in [1.807, 2.05) is 26.7 Å². The van der Waals surface area contributed by atoms with Crippen LogP contribution in [-0.4, -0.2) is 38.0 Å². The van der Waals surface area contributed by atoms with Crippen molar-refractivity contribution in [3.63, 3.8) is 0 Å². The molecule has 0 amide bonds. The Morgan fingerprint density at radius 1 is 1.35 bits per heavy atom. The van der Waals surface area contributed by atoms with Crippen molar-refractivity contribution in [3.05, 3.63) is 35.0 Å². The zero-order valence-electron chi connectivity index (χ0n) is 10.5. The average molecular weight is 258 g/mol. The summed E-state index contributed by atoms with van der Waals surface area (Å²) in [5.41, 5.74) is 2.04. The van der Waals surface area contributed by atoms with Crippen LogP contribution in [0.1, 0.15) is 13.8 Å². The fraction of sp³-hybridized carbons (Fsp3) is 0.462. The third-order valence-electron chi connectivity index (χ3n) is 2.35. The molecule has 0 radical (unpaired) electrons. The Balaban J connectivity index is 0.00000121. The van der Waals surface area contributed by atoms with Crippen molar-refractivity contribution < 1.29 is 9.53 Å². The molecule has 3 nitrogen and oxygen atoms in total. The van der Waals surface area contributed by atoms with E-state index in [4.69, 9.17) is 21.1 Å². The molecule has 0 aliphatic carbocycles. The van der Waals surface area contributed by atoms with Crippen LogP contribution in [0.4, 0.5) is 0 Å². The fourth-order valence-corrected chi connectivity index (χ4v) is 1.54. The van der Waals surface area contributed by atoms with Gasteiger partial charge in [0, 0.05) is 23.8 Å². The highest BCUT2D eigenvalue weighted by molar-refractivity contribution is 6.32. The van der Waals surface area contributed by atoms with Crippen molar-refractivity contribution in [1.29, 1.82) is 0 Å². The predicted molar refractivity (Wildman–Crippen MR) is 72.0 cm³/mol. The molecule has 4 heteroatoms. The molecule has 1 saturated heterocycles. The quantitative estimate of drug-likeness (QED) is 0.728. The summed E-state index contributed by atoms with van der Waals surface area (Å²) in [6.45, 7) is 13.2. The van der Waals surface area contributed by atoms with Gasteiger partial charge in [0.05, 0.1) is 13.2 Å². The Labute approximate surface area is 108 Å². The van der Waals surface area contributed by atoms with Crippen LogP contribution < -0.4 is 0 Å². The van der Waals surface area contributed by atoms with Gasteiger partial charge in [-0.25, -0.2) is 0 Å². The Bertz CT molecular complexity index is 305. The zero-order valence-corrected chi connectivity index (χ0v) is 11.3. The topological polar surface area (TPSA) is 29.5 Å². The molecule has 0 aromatic rings. The fourth-order valence-electron chi connectivity index (χ4n) is 1.43. The number of rotatable bonds is 3. The molecule has 0 saturated carbocycles. The van der Waals surface area contributed by atoms with E-state index in [9.17, 15) is 0 Å². The molecule has 17 heavy (non-hydrogen) atoms. The summed E-state index contributed by atoms with van der Waals surface area (Å²) in [5, 5.41) is 0.717. The summed E-state index contributed by atoms with van der Waals surface area (Å²) in [6.07, 6.45) is 4.03. The van der Waals surface area contributed by atoms with E-state index in [0.29, 0.717) is 0 Å². The number of allylic oxidation sites excluding steroid dienone is 4. The lowest BCUT2D eigenvalue weighted by Gasteiger charge is -2.29. The van der Waals surface area contributed by atoms with E-state index >= 15 is 0 Å². The molecule has 96 valence electrons. The van der Waals surface area contributed by atoms with E-state index < -0.39 is 0 Å². The van der Waals surface area contributed by atoms with Crippen LogP contribution in [0.15, 0.2) is 35.0 Å². The Kier molecular flexibility index (Phi) is 8.46. The Morgan fingerprint density at radius 2 is 1.88 bits per heavy atom. The van der Waals surface area contributed by atoms with Crippen LogP contribution >= 0.6 is 11.6 Å². The molecule has 0 unspecified atom stereocenters. The SMILES string of the molecule is C=C(C)/C(Cl)=C\C(=C/C)N1CCOCC1.C=O. The van der Waals surface area contributed by atoms with E-state index in [1.54, 1.807) is 0 Å². The molecule has 1 fully saturated rings. The number of nitrogens with zero attached hydrogens (tertiary/aromatic N) is 1. The van der Waals surface area contributed by atoms with Gasteiger partial charge in [-0.2, -0.15) is 0 Å². The summed E-state index contributed by atoms with van der Waals surface area (Å²) in [5.74, 6) is 0. The lowest BCUT2D eigenvalue weighted by Crippen LogP contribution is -2.35. The lowest BCUT2D eigenvalue weighted by molar-refractivity contribution is -0.0979. The largest absolute Gasteiger partial charge is 0.378 e. The second-order valence-electron chi connectivity index (χ2n) is 3.59. The number of carbonyl (C=O) groups is 1. The van der Waals surface area contributed by atoms with Gasteiger partial charge in [-0.15, -0.1) is 0 Å². The molecule has 0 spiro atoms. The van der Waals surface area contributed by atoms with Crippen molar-refractivity contribution in [2.75, 3.05) is 26.3 Å². The van der Waals surface area contributed by atoms with Gasteiger partial charge in [-0.1, -0.05) is 24.3 Å². The van der Waals surface area contributed by atoms with Gasteiger partial charge >= 0.3 is 0 Å². The predicted octanol–water partition coefficient (Wildman–Crippen LogP) is 2.74. The van der Waals surface area contributed by atoms with Crippen LogP contribution in [0.25, 0.3) is 0 Å². The molecule has 0 N–H and O–H groups in total. The highest BCUT2D eigenvalue weighted by atomic mass is 35.5. The third-order valence-corrected chi connectivity index (χ3v) is 2.79. The van der Waals surface area contributed by atoms with Gasteiger partial charge in [-0.05, 0) is 25.5 Å². The molecular formula is C13H20ClNO2. The smallest absolute Gasteiger partial charge is 0.106 e. The van der Waals surface area contributed by atoms with Crippen molar-refractivity contribution in [3.8, 4) is 0 Å². The third kappa shape index (κ3) is 5.71. The van der Waals surface area contributed by atoms with Gasteiger partial charge in [0.2, 0.25) is 0 Å². The molecule has 1 rings (SSSR count). The second kappa shape index (κ2) is 9.02. The highest BCUT2D eigenvalue weighted by Gasteiger charge is 2.11. The number of carbonyl (C=O) groups excluding carboxylic acids is 1. The summed E-state index contributed by atoms with van der Waals surface area (Å²) in [4.78, 5) is 10.3. The maximum atomic E-state index is 8.00. The highest BCUT2D eigenvalue weighted by Crippen LogP contribution is 2.18. The summed E-state index contributed by atoms with van der Waals surface area (Å²) in [7, 11) is 0. The van der Waals surface area contributed by atoms with Gasteiger partial charge in [0.1, 0.15) is 6.79 Å². The molecule has 1 aliphatic heterocycles.